The molecule has 1 saturated heterocycles. The Morgan fingerprint density at radius 3 is 2.00 bits per heavy atom. The molecule has 1 aliphatic heterocycles. The predicted molar refractivity (Wildman–Crippen MR) is 118 cm³/mol. The van der Waals surface area contributed by atoms with Crippen LogP contribution < -0.4 is 5.32 Å². The first-order valence-electron chi connectivity index (χ1n) is 10.3. The van der Waals surface area contributed by atoms with E-state index in [2.05, 4.69) is 44.4 Å². The van der Waals surface area contributed by atoms with Crippen molar-refractivity contribution in [1.29, 1.82) is 0 Å². The first-order valence-corrected chi connectivity index (χ1v) is 10.3. The van der Waals surface area contributed by atoms with E-state index in [9.17, 15) is 4.79 Å². The quantitative estimate of drug-likeness (QED) is 0.583. The topological polar surface area (TPSA) is 128 Å². The van der Waals surface area contributed by atoms with Gasteiger partial charge in [-0.2, -0.15) is 0 Å². The lowest BCUT2D eigenvalue weighted by Crippen LogP contribution is -2.51. The number of carbonyl (C=O) groups excluding carboxylic acids is 1. The molecule has 1 aromatic carbocycles. The van der Waals surface area contributed by atoms with Crippen LogP contribution in [0.1, 0.15) is 26.3 Å². The maximum absolute atomic E-state index is 12.1. The fourth-order valence-electron chi connectivity index (χ4n) is 3.21. The van der Waals surface area contributed by atoms with Gasteiger partial charge >= 0.3 is 11.9 Å². The molecule has 32 heavy (non-hydrogen) atoms. The van der Waals surface area contributed by atoms with Crippen LogP contribution in [-0.2, 0) is 20.9 Å². The molecule has 3 rings (SSSR count). The van der Waals surface area contributed by atoms with Gasteiger partial charge in [0, 0.05) is 56.3 Å². The molecule has 3 N–H and O–H groups in total. The molecule has 0 saturated carbocycles. The number of benzene rings is 1. The normalized spacial score (nSPS) is 14.8. The van der Waals surface area contributed by atoms with Gasteiger partial charge in [0.15, 0.2) is 0 Å². The molecule has 10 heteroatoms. The van der Waals surface area contributed by atoms with Crippen molar-refractivity contribution in [3.8, 4) is 5.69 Å². The van der Waals surface area contributed by atoms with E-state index < -0.39 is 11.9 Å². The SMILES string of the molecule is CC(C)(C)NC(=O)CN1CCN(Cc2ccc(-n3ccnc3)cc2)CC1.O=C(O)C(=O)O. The number of imidazole rings is 1. The van der Waals surface area contributed by atoms with E-state index in [0.717, 1.165) is 38.4 Å². The van der Waals surface area contributed by atoms with Crippen LogP contribution in [0.5, 0.6) is 0 Å². The van der Waals surface area contributed by atoms with Gasteiger partial charge in [0.25, 0.3) is 0 Å². The predicted octanol–water partition coefficient (Wildman–Crippen LogP) is 1.06. The molecule has 0 aliphatic carbocycles. The minimum atomic E-state index is -1.82. The van der Waals surface area contributed by atoms with Crippen molar-refractivity contribution in [2.75, 3.05) is 32.7 Å². The molecule has 0 atom stereocenters. The Kier molecular flexibility index (Phi) is 8.91. The summed E-state index contributed by atoms with van der Waals surface area (Å²) < 4.78 is 2.01. The Hall–Kier alpha value is -3.24. The number of rotatable bonds is 5. The summed E-state index contributed by atoms with van der Waals surface area (Å²) in [6, 6.07) is 8.62. The number of hydrogen-bond acceptors (Lipinski definition) is 6. The summed E-state index contributed by atoms with van der Waals surface area (Å²) in [5, 5.41) is 17.8. The maximum Gasteiger partial charge on any atom is 0.414 e. The molecular weight excluding hydrogens is 414 g/mol. The van der Waals surface area contributed by atoms with Crippen molar-refractivity contribution < 1.29 is 24.6 Å². The van der Waals surface area contributed by atoms with Crippen LogP contribution in [0.4, 0.5) is 0 Å². The first kappa shape index (κ1) is 25.0. The van der Waals surface area contributed by atoms with Gasteiger partial charge in [0.2, 0.25) is 5.91 Å². The molecule has 1 amide bonds. The number of carbonyl (C=O) groups is 3. The third-order valence-corrected chi connectivity index (χ3v) is 4.67. The lowest BCUT2D eigenvalue weighted by molar-refractivity contribution is -0.159. The Morgan fingerprint density at radius 1 is 0.969 bits per heavy atom. The number of aromatic nitrogens is 2. The lowest BCUT2D eigenvalue weighted by atomic mass is 10.1. The number of hydrogen-bond donors (Lipinski definition) is 3. The molecule has 0 unspecified atom stereocenters. The van der Waals surface area contributed by atoms with Crippen LogP contribution in [0.15, 0.2) is 43.0 Å². The summed E-state index contributed by atoms with van der Waals surface area (Å²) in [7, 11) is 0. The zero-order valence-corrected chi connectivity index (χ0v) is 18.7. The second-order valence-corrected chi connectivity index (χ2v) is 8.60. The van der Waals surface area contributed by atoms with Gasteiger partial charge in [-0.05, 0) is 38.5 Å². The molecule has 2 aromatic rings. The number of piperazine rings is 1. The van der Waals surface area contributed by atoms with Crippen molar-refractivity contribution in [1.82, 2.24) is 24.7 Å². The maximum atomic E-state index is 12.1. The van der Waals surface area contributed by atoms with E-state index in [1.165, 1.54) is 5.56 Å². The summed E-state index contributed by atoms with van der Waals surface area (Å²) >= 11 is 0. The van der Waals surface area contributed by atoms with Crippen molar-refractivity contribution in [2.45, 2.75) is 32.9 Å². The fourth-order valence-corrected chi connectivity index (χ4v) is 3.21. The molecular formula is C22H31N5O5. The van der Waals surface area contributed by atoms with Crippen molar-refractivity contribution in [3.63, 3.8) is 0 Å². The molecule has 1 aliphatic rings. The molecule has 174 valence electrons. The highest BCUT2D eigenvalue weighted by Gasteiger charge is 2.21. The molecule has 1 fully saturated rings. The van der Waals surface area contributed by atoms with Crippen LogP contribution in [0.3, 0.4) is 0 Å². The molecule has 0 radical (unpaired) electrons. The van der Waals surface area contributed by atoms with E-state index in [1.54, 1.807) is 6.20 Å². The highest BCUT2D eigenvalue weighted by molar-refractivity contribution is 6.27. The summed E-state index contributed by atoms with van der Waals surface area (Å²) in [6.07, 6.45) is 5.54. The van der Waals surface area contributed by atoms with Crippen molar-refractivity contribution in [3.05, 3.63) is 48.5 Å². The van der Waals surface area contributed by atoms with Crippen molar-refractivity contribution >= 4 is 17.8 Å². The number of carboxylic acid groups (broad SMARTS) is 2. The monoisotopic (exact) mass is 445 g/mol. The van der Waals surface area contributed by atoms with Gasteiger partial charge < -0.3 is 20.1 Å². The molecule has 0 bridgehead atoms. The number of aliphatic carboxylic acids is 2. The number of carboxylic acids is 2. The summed E-state index contributed by atoms with van der Waals surface area (Å²) in [6.45, 7) is 11.3. The smallest absolute Gasteiger partial charge is 0.414 e. The third-order valence-electron chi connectivity index (χ3n) is 4.67. The van der Waals surface area contributed by atoms with Gasteiger partial charge in [-0.25, -0.2) is 14.6 Å². The minimum absolute atomic E-state index is 0.112. The largest absolute Gasteiger partial charge is 0.473 e. The summed E-state index contributed by atoms with van der Waals surface area (Å²) in [5.41, 5.74) is 2.27. The minimum Gasteiger partial charge on any atom is -0.473 e. The van der Waals surface area contributed by atoms with Crippen LogP contribution in [0, 0.1) is 0 Å². The summed E-state index contributed by atoms with van der Waals surface area (Å²) in [5.74, 6) is -3.54. The van der Waals surface area contributed by atoms with Gasteiger partial charge in [-0.15, -0.1) is 0 Å². The zero-order valence-electron chi connectivity index (χ0n) is 18.7. The van der Waals surface area contributed by atoms with Crippen LogP contribution >= 0.6 is 0 Å². The Labute approximate surface area is 187 Å². The van der Waals surface area contributed by atoms with E-state index in [-0.39, 0.29) is 11.4 Å². The Bertz CT molecular complexity index is 870. The molecule has 10 nitrogen and oxygen atoms in total. The third kappa shape index (κ3) is 8.86. The van der Waals surface area contributed by atoms with Crippen LogP contribution in [0.2, 0.25) is 0 Å². The fraction of sp³-hybridized carbons (Fsp3) is 0.455. The average Bonchev–Trinajstić information content (AvgIpc) is 3.24. The lowest BCUT2D eigenvalue weighted by Gasteiger charge is -2.35. The van der Waals surface area contributed by atoms with Crippen LogP contribution in [-0.4, -0.2) is 85.7 Å². The van der Waals surface area contributed by atoms with Gasteiger partial charge in [-0.1, -0.05) is 12.1 Å². The highest BCUT2D eigenvalue weighted by Crippen LogP contribution is 2.13. The van der Waals surface area contributed by atoms with Gasteiger partial charge in [0.1, 0.15) is 0 Å². The second-order valence-electron chi connectivity index (χ2n) is 8.60. The summed E-state index contributed by atoms with van der Waals surface area (Å²) in [4.78, 5) is 39.0. The van der Waals surface area contributed by atoms with E-state index in [1.807, 2.05) is 37.9 Å². The van der Waals surface area contributed by atoms with E-state index in [0.29, 0.717) is 6.54 Å². The van der Waals surface area contributed by atoms with E-state index >= 15 is 0 Å². The number of amides is 1. The van der Waals surface area contributed by atoms with Crippen molar-refractivity contribution in [2.24, 2.45) is 0 Å². The number of nitrogens with one attached hydrogen (secondary N) is 1. The van der Waals surface area contributed by atoms with Gasteiger partial charge in [0.05, 0.1) is 12.9 Å². The Morgan fingerprint density at radius 2 is 1.53 bits per heavy atom. The molecule has 2 heterocycles. The number of nitrogens with zero attached hydrogens (tertiary/aromatic N) is 4. The van der Waals surface area contributed by atoms with E-state index in [4.69, 9.17) is 19.8 Å². The first-order chi connectivity index (χ1) is 15.0. The zero-order chi connectivity index (χ0) is 23.7. The Balaban J connectivity index is 0.000000534. The van der Waals surface area contributed by atoms with Crippen LogP contribution in [0.25, 0.3) is 5.69 Å². The molecule has 1 aromatic heterocycles. The second kappa shape index (κ2) is 11.4. The average molecular weight is 446 g/mol. The highest BCUT2D eigenvalue weighted by atomic mass is 16.4. The van der Waals surface area contributed by atoms with Gasteiger partial charge in [-0.3, -0.25) is 14.6 Å². The molecule has 0 spiro atoms. The standard InChI is InChI=1S/C20H29N5O.C2H2O4/c1-20(2,3)22-19(26)15-24-12-10-23(11-13-24)14-17-4-6-18(7-5-17)25-9-8-21-16-25;3-1(4)2(5)6/h4-9,16H,10-15H2,1-3H3,(H,22,26);(H,3,4)(H,5,6).